The monoisotopic (exact) mass is 444 g/mol. The van der Waals surface area contributed by atoms with Gasteiger partial charge in [0, 0.05) is 5.39 Å². The van der Waals surface area contributed by atoms with Crippen molar-refractivity contribution in [3.63, 3.8) is 0 Å². The van der Waals surface area contributed by atoms with E-state index in [9.17, 15) is 4.79 Å². The Kier molecular flexibility index (Phi) is 6.68. The van der Waals surface area contributed by atoms with E-state index in [1.54, 1.807) is 37.4 Å². The Labute approximate surface area is 191 Å². The fraction of sp³-hybridized carbons (Fsp3) is 0.0769. The summed E-state index contributed by atoms with van der Waals surface area (Å²) in [5.74, 6) is 0.693. The highest BCUT2D eigenvalue weighted by Gasteiger charge is 2.10. The molecule has 4 rings (SSSR count). The first-order valence-corrected chi connectivity index (χ1v) is 10.4. The number of benzene rings is 3. The van der Waals surface area contributed by atoms with Crippen LogP contribution in [-0.2, 0) is 4.79 Å². The molecule has 1 N–H and O–H groups in total. The zero-order chi connectivity index (χ0) is 22.3. The Morgan fingerprint density at radius 3 is 2.62 bits per heavy atom. The number of para-hydroxylation sites is 2. The van der Waals surface area contributed by atoms with Gasteiger partial charge in [-0.05, 0) is 48.0 Å². The Morgan fingerprint density at radius 2 is 1.78 bits per heavy atom. The summed E-state index contributed by atoms with van der Waals surface area (Å²) in [6, 6.07) is 24.6. The van der Waals surface area contributed by atoms with Gasteiger partial charge in [-0.1, -0.05) is 60.1 Å². The number of fused-ring (bicyclic) bond motifs is 1. The number of nitrogens with zero attached hydrogens (tertiary/aromatic N) is 1. The minimum atomic E-state index is -0.313. The quantitative estimate of drug-likeness (QED) is 0.375. The number of nitrogens with one attached hydrogen (secondary N) is 1. The molecule has 0 spiro atoms. The summed E-state index contributed by atoms with van der Waals surface area (Å²) in [7, 11) is 1.56. The van der Waals surface area contributed by atoms with Crippen molar-refractivity contribution in [3.8, 4) is 11.5 Å². The summed E-state index contributed by atoms with van der Waals surface area (Å²) in [5, 5.41) is 4.30. The van der Waals surface area contributed by atoms with Crippen molar-refractivity contribution in [2.45, 2.75) is 0 Å². The van der Waals surface area contributed by atoms with Crippen LogP contribution in [0.25, 0.3) is 23.1 Å². The molecule has 6 heteroatoms. The van der Waals surface area contributed by atoms with Gasteiger partial charge in [0.05, 0.1) is 29.0 Å². The van der Waals surface area contributed by atoms with E-state index in [0.717, 1.165) is 22.2 Å². The molecule has 0 saturated carbocycles. The van der Waals surface area contributed by atoms with Gasteiger partial charge in [0.2, 0.25) is 0 Å². The van der Waals surface area contributed by atoms with Crippen LogP contribution < -0.4 is 14.8 Å². The van der Waals surface area contributed by atoms with Gasteiger partial charge in [-0.25, -0.2) is 4.98 Å². The van der Waals surface area contributed by atoms with Crippen LogP contribution in [-0.4, -0.2) is 24.6 Å². The van der Waals surface area contributed by atoms with Gasteiger partial charge in [0.1, 0.15) is 0 Å². The third kappa shape index (κ3) is 5.25. The van der Waals surface area contributed by atoms with E-state index in [0.29, 0.717) is 22.2 Å². The highest BCUT2D eigenvalue weighted by atomic mass is 35.5. The first-order valence-electron chi connectivity index (χ1n) is 10.0. The molecule has 0 saturated heterocycles. The fourth-order valence-electron chi connectivity index (χ4n) is 3.16. The number of hydrogen-bond acceptors (Lipinski definition) is 4. The smallest absolute Gasteiger partial charge is 0.262 e. The summed E-state index contributed by atoms with van der Waals surface area (Å²) in [6.07, 6.45) is 3.90. The third-order valence-corrected chi connectivity index (χ3v) is 5.09. The number of methoxy groups -OCH3 is 1. The zero-order valence-electron chi connectivity index (χ0n) is 17.4. The van der Waals surface area contributed by atoms with Gasteiger partial charge in [0.25, 0.3) is 5.91 Å². The lowest BCUT2D eigenvalue weighted by atomic mass is 10.1. The molecule has 32 heavy (non-hydrogen) atoms. The maximum Gasteiger partial charge on any atom is 0.262 e. The molecule has 0 fully saturated rings. The number of ether oxygens (including phenoxy) is 2. The van der Waals surface area contributed by atoms with Crippen molar-refractivity contribution in [3.05, 3.63) is 95.1 Å². The maximum absolute atomic E-state index is 12.2. The minimum Gasteiger partial charge on any atom is -0.493 e. The Bertz CT molecular complexity index is 1290. The van der Waals surface area contributed by atoms with Crippen molar-refractivity contribution in [1.29, 1.82) is 0 Å². The van der Waals surface area contributed by atoms with Crippen molar-refractivity contribution in [2.24, 2.45) is 0 Å². The fourth-order valence-corrected chi connectivity index (χ4v) is 3.34. The molecular formula is C26H21ClN2O3. The van der Waals surface area contributed by atoms with Crippen molar-refractivity contribution in [1.82, 2.24) is 4.98 Å². The van der Waals surface area contributed by atoms with Gasteiger partial charge in [-0.3, -0.25) is 4.79 Å². The SMILES string of the molecule is COc1cc(/C=C/c2ccc3ccccc3n2)ccc1OCC(=O)Nc1ccccc1Cl. The summed E-state index contributed by atoms with van der Waals surface area (Å²) in [5.41, 5.74) is 3.27. The number of amides is 1. The van der Waals surface area contributed by atoms with E-state index in [1.807, 2.05) is 60.7 Å². The second kappa shape index (κ2) is 9.98. The van der Waals surface area contributed by atoms with Crippen LogP contribution in [0.2, 0.25) is 5.02 Å². The molecule has 1 aromatic heterocycles. The van der Waals surface area contributed by atoms with E-state index >= 15 is 0 Å². The molecule has 0 atom stereocenters. The number of halogens is 1. The largest absolute Gasteiger partial charge is 0.493 e. The van der Waals surface area contributed by atoms with E-state index in [2.05, 4.69) is 10.3 Å². The lowest BCUT2D eigenvalue weighted by Crippen LogP contribution is -2.20. The Balaban J connectivity index is 1.42. The summed E-state index contributed by atoms with van der Waals surface area (Å²) in [6.45, 7) is -0.169. The number of rotatable bonds is 7. The third-order valence-electron chi connectivity index (χ3n) is 4.76. The van der Waals surface area contributed by atoms with Gasteiger partial charge < -0.3 is 14.8 Å². The number of carbonyl (C=O) groups is 1. The first-order chi connectivity index (χ1) is 15.6. The van der Waals surface area contributed by atoms with Gasteiger partial charge >= 0.3 is 0 Å². The maximum atomic E-state index is 12.2. The second-order valence-corrected chi connectivity index (χ2v) is 7.40. The Morgan fingerprint density at radius 1 is 0.969 bits per heavy atom. The number of hydrogen-bond donors (Lipinski definition) is 1. The molecule has 0 aliphatic carbocycles. The van der Waals surface area contributed by atoms with Crippen molar-refractivity contribution >= 4 is 46.3 Å². The van der Waals surface area contributed by atoms with Crippen LogP contribution in [0.3, 0.4) is 0 Å². The molecule has 1 heterocycles. The molecule has 3 aromatic carbocycles. The molecule has 0 bridgehead atoms. The van der Waals surface area contributed by atoms with Gasteiger partial charge in [-0.2, -0.15) is 0 Å². The molecule has 1 amide bonds. The molecule has 160 valence electrons. The van der Waals surface area contributed by atoms with Gasteiger partial charge in [0.15, 0.2) is 18.1 Å². The predicted molar refractivity (Wildman–Crippen MR) is 129 cm³/mol. The van der Waals surface area contributed by atoms with E-state index < -0.39 is 0 Å². The van der Waals surface area contributed by atoms with E-state index in [1.165, 1.54) is 0 Å². The van der Waals surface area contributed by atoms with Crippen LogP contribution in [0.5, 0.6) is 11.5 Å². The standard InChI is InChI=1S/C26H21ClN2O3/c1-31-25-16-18(10-13-20-14-12-19-6-2-4-8-22(19)28-20)11-15-24(25)32-17-26(30)29-23-9-5-3-7-21(23)27/h2-16H,17H2,1H3,(H,29,30)/b13-10+. The van der Waals surface area contributed by atoms with Crippen LogP contribution in [0, 0.1) is 0 Å². The van der Waals surface area contributed by atoms with Crippen LogP contribution >= 0.6 is 11.6 Å². The predicted octanol–water partition coefficient (Wildman–Crippen LogP) is 6.08. The molecule has 0 aliphatic rings. The lowest BCUT2D eigenvalue weighted by Gasteiger charge is -2.12. The zero-order valence-corrected chi connectivity index (χ0v) is 18.2. The van der Waals surface area contributed by atoms with Gasteiger partial charge in [-0.15, -0.1) is 0 Å². The average Bonchev–Trinajstić information content (AvgIpc) is 2.83. The molecule has 0 radical (unpaired) electrons. The number of anilines is 1. The van der Waals surface area contributed by atoms with Crippen molar-refractivity contribution < 1.29 is 14.3 Å². The van der Waals surface area contributed by atoms with Crippen molar-refractivity contribution in [2.75, 3.05) is 19.0 Å². The summed E-state index contributed by atoms with van der Waals surface area (Å²) in [4.78, 5) is 16.8. The van der Waals surface area contributed by atoms with Crippen LogP contribution in [0.1, 0.15) is 11.3 Å². The number of aromatic nitrogens is 1. The summed E-state index contributed by atoms with van der Waals surface area (Å²) < 4.78 is 11.1. The van der Waals surface area contributed by atoms with E-state index in [-0.39, 0.29) is 12.5 Å². The second-order valence-electron chi connectivity index (χ2n) is 6.99. The molecule has 0 aliphatic heterocycles. The first kappa shape index (κ1) is 21.4. The minimum absolute atomic E-state index is 0.169. The highest BCUT2D eigenvalue weighted by Crippen LogP contribution is 2.29. The van der Waals surface area contributed by atoms with E-state index in [4.69, 9.17) is 21.1 Å². The van der Waals surface area contributed by atoms with Crippen LogP contribution in [0.4, 0.5) is 5.69 Å². The number of carbonyl (C=O) groups excluding carboxylic acids is 1. The molecule has 0 unspecified atom stereocenters. The molecule has 4 aromatic rings. The Hall–Kier alpha value is -3.83. The highest BCUT2D eigenvalue weighted by molar-refractivity contribution is 6.33. The lowest BCUT2D eigenvalue weighted by molar-refractivity contribution is -0.118. The molecular weight excluding hydrogens is 424 g/mol. The normalized spacial score (nSPS) is 10.9. The summed E-state index contributed by atoms with van der Waals surface area (Å²) >= 11 is 6.07. The van der Waals surface area contributed by atoms with Crippen LogP contribution in [0.15, 0.2) is 78.9 Å². The molecule has 5 nitrogen and oxygen atoms in total. The number of pyridine rings is 1. The topological polar surface area (TPSA) is 60.5 Å². The average molecular weight is 445 g/mol.